The molecule has 0 bridgehead atoms. The Hall–Kier alpha value is -0.610. The molecule has 3 nitrogen and oxygen atoms in total. The Morgan fingerprint density at radius 1 is 1.64 bits per heavy atom. The first-order valence-corrected chi connectivity index (χ1v) is 3.15. The number of hydrogen-bond acceptors (Lipinski definition) is 2. The van der Waals surface area contributed by atoms with Gasteiger partial charge in [0.15, 0.2) is 0 Å². The van der Waals surface area contributed by atoms with Crippen LogP contribution < -0.4 is 5.73 Å². The molecular weight excluding hydrogens is 169 g/mol. The van der Waals surface area contributed by atoms with Crippen LogP contribution in [0.4, 0.5) is 4.39 Å². The Labute approximate surface area is 70.8 Å². The van der Waals surface area contributed by atoms with E-state index in [-0.39, 0.29) is 19.1 Å². The third-order valence-electron chi connectivity index (χ3n) is 1.22. The standard InChI is InChI=1S/C6H10FN3.ClH/c7-2-4-10-3-1-6(5-8)9-10;/h1,3H,2,4-5,8H2;1H. The van der Waals surface area contributed by atoms with Crippen molar-refractivity contribution in [1.82, 2.24) is 9.78 Å². The largest absolute Gasteiger partial charge is 0.325 e. The highest BCUT2D eigenvalue weighted by atomic mass is 35.5. The lowest BCUT2D eigenvalue weighted by atomic mass is 10.4. The Bertz CT molecular complexity index is 201. The third kappa shape index (κ3) is 2.86. The van der Waals surface area contributed by atoms with Gasteiger partial charge in [-0.15, -0.1) is 12.4 Å². The van der Waals surface area contributed by atoms with E-state index in [0.717, 1.165) is 5.69 Å². The van der Waals surface area contributed by atoms with Gasteiger partial charge in [-0.3, -0.25) is 4.68 Å². The van der Waals surface area contributed by atoms with Crippen molar-refractivity contribution in [2.24, 2.45) is 5.73 Å². The van der Waals surface area contributed by atoms with Gasteiger partial charge in [0.1, 0.15) is 6.67 Å². The Balaban J connectivity index is 0.000001000. The Morgan fingerprint density at radius 3 is 2.82 bits per heavy atom. The van der Waals surface area contributed by atoms with Crippen LogP contribution in [0, 0.1) is 0 Å². The minimum atomic E-state index is -0.383. The van der Waals surface area contributed by atoms with Crippen LogP contribution in [-0.2, 0) is 13.1 Å². The summed E-state index contributed by atoms with van der Waals surface area (Å²) in [6.07, 6.45) is 1.72. The summed E-state index contributed by atoms with van der Waals surface area (Å²) in [5.74, 6) is 0. The number of nitrogens with zero attached hydrogens (tertiary/aromatic N) is 2. The predicted octanol–water partition coefficient (Wildman–Crippen LogP) is 0.733. The second-order valence-corrected chi connectivity index (χ2v) is 1.96. The van der Waals surface area contributed by atoms with Gasteiger partial charge < -0.3 is 5.73 Å². The van der Waals surface area contributed by atoms with Crippen LogP contribution in [0.2, 0.25) is 0 Å². The van der Waals surface area contributed by atoms with Crippen molar-refractivity contribution in [2.75, 3.05) is 6.67 Å². The van der Waals surface area contributed by atoms with Gasteiger partial charge >= 0.3 is 0 Å². The molecule has 0 spiro atoms. The first kappa shape index (κ1) is 10.4. The molecule has 0 aliphatic heterocycles. The number of nitrogens with two attached hydrogens (primary N) is 1. The van der Waals surface area contributed by atoms with Crippen LogP contribution in [0.5, 0.6) is 0 Å². The summed E-state index contributed by atoms with van der Waals surface area (Å²) in [6, 6.07) is 1.79. The highest BCUT2D eigenvalue weighted by Crippen LogP contribution is 1.93. The zero-order chi connectivity index (χ0) is 7.40. The van der Waals surface area contributed by atoms with Crippen molar-refractivity contribution in [1.29, 1.82) is 0 Å². The van der Waals surface area contributed by atoms with Crippen molar-refractivity contribution in [3.63, 3.8) is 0 Å². The van der Waals surface area contributed by atoms with Crippen LogP contribution in [0.3, 0.4) is 0 Å². The van der Waals surface area contributed by atoms with Crippen molar-refractivity contribution in [3.8, 4) is 0 Å². The zero-order valence-corrected chi connectivity index (χ0v) is 6.85. The van der Waals surface area contributed by atoms with Crippen LogP contribution >= 0.6 is 12.4 Å². The molecule has 1 rings (SSSR count). The highest BCUT2D eigenvalue weighted by molar-refractivity contribution is 5.85. The lowest BCUT2D eigenvalue weighted by Gasteiger charge is -1.93. The van der Waals surface area contributed by atoms with Crippen molar-refractivity contribution in [2.45, 2.75) is 13.1 Å². The van der Waals surface area contributed by atoms with E-state index in [2.05, 4.69) is 5.10 Å². The van der Waals surface area contributed by atoms with Gasteiger partial charge in [-0.25, -0.2) is 4.39 Å². The molecule has 0 saturated carbocycles. The fourth-order valence-corrected chi connectivity index (χ4v) is 0.724. The average molecular weight is 180 g/mol. The maximum Gasteiger partial charge on any atom is 0.109 e. The molecule has 0 radical (unpaired) electrons. The number of rotatable bonds is 3. The normalized spacial score (nSPS) is 9.27. The average Bonchev–Trinajstić information content (AvgIpc) is 2.37. The fraction of sp³-hybridized carbons (Fsp3) is 0.500. The number of aromatic nitrogens is 2. The summed E-state index contributed by atoms with van der Waals surface area (Å²) in [6.45, 7) is 0.352. The molecule has 1 heterocycles. The van der Waals surface area contributed by atoms with E-state index in [0.29, 0.717) is 13.1 Å². The molecule has 0 aliphatic carbocycles. The third-order valence-corrected chi connectivity index (χ3v) is 1.22. The van der Waals surface area contributed by atoms with E-state index in [4.69, 9.17) is 5.73 Å². The van der Waals surface area contributed by atoms with Crippen LogP contribution in [0.25, 0.3) is 0 Å². The zero-order valence-electron chi connectivity index (χ0n) is 6.03. The van der Waals surface area contributed by atoms with Crippen LogP contribution in [0.15, 0.2) is 12.3 Å². The van der Waals surface area contributed by atoms with Gasteiger partial charge in [0.05, 0.1) is 12.2 Å². The molecule has 0 aliphatic rings. The minimum Gasteiger partial charge on any atom is -0.325 e. The summed E-state index contributed by atoms with van der Waals surface area (Å²) in [7, 11) is 0. The van der Waals surface area contributed by atoms with E-state index in [1.54, 1.807) is 16.9 Å². The molecule has 1 aromatic heterocycles. The monoisotopic (exact) mass is 179 g/mol. The van der Waals surface area contributed by atoms with Gasteiger partial charge in [0.25, 0.3) is 0 Å². The van der Waals surface area contributed by atoms with Gasteiger partial charge in [0.2, 0.25) is 0 Å². The second kappa shape index (κ2) is 5.09. The number of alkyl halides is 1. The summed E-state index contributed by atoms with van der Waals surface area (Å²) >= 11 is 0. The van der Waals surface area contributed by atoms with Crippen molar-refractivity contribution < 1.29 is 4.39 Å². The number of hydrogen-bond donors (Lipinski definition) is 1. The number of aryl methyl sites for hydroxylation is 1. The van der Waals surface area contributed by atoms with Crippen LogP contribution in [-0.4, -0.2) is 16.5 Å². The fourth-order valence-electron chi connectivity index (χ4n) is 0.724. The number of halogens is 2. The molecule has 1 aromatic rings. The summed E-state index contributed by atoms with van der Waals surface area (Å²) in [5, 5.41) is 3.97. The molecule has 0 fully saturated rings. The van der Waals surface area contributed by atoms with E-state index in [1.165, 1.54) is 0 Å². The summed E-state index contributed by atoms with van der Waals surface area (Å²) in [4.78, 5) is 0. The summed E-state index contributed by atoms with van der Waals surface area (Å²) < 4.78 is 13.2. The van der Waals surface area contributed by atoms with Crippen LogP contribution in [0.1, 0.15) is 5.69 Å². The lowest BCUT2D eigenvalue weighted by molar-refractivity contribution is 0.426. The van der Waals surface area contributed by atoms with Gasteiger partial charge in [-0.05, 0) is 6.07 Å². The topological polar surface area (TPSA) is 43.8 Å². The molecule has 0 amide bonds. The van der Waals surface area contributed by atoms with Gasteiger partial charge in [-0.2, -0.15) is 5.10 Å². The Kier molecular flexibility index (Phi) is 4.81. The smallest absolute Gasteiger partial charge is 0.109 e. The Morgan fingerprint density at radius 2 is 2.36 bits per heavy atom. The van der Waals surface area contributed by atoms with E-state index in [9.17, 15) is 4.39 Å². The molecule has 64 valence electrons. The van der Waals surface area contributed by atoms with Crippen molar-refractivity contribution >= 4 is 12.4 Å². The van der Waals surface area contributed by atoms with E-state index >= 15 is 0 Å². The quantitative estimate of drug-likeness (QED) is 0.744. The maximum absolute atomic E-state index is 11.7. The molecule has 0 atom stereocenters. The summed E-state index contributed by atoms with van der Waals surface area (Å²) in [5.41, 5.74) is 6.09. The molecule has 0 aromatic carbocycles. The first-order valence-electron chi connectivity index (χ1n) is 3.15. The minimum absolute atomic E-state index is 0. The van der Waals surface area contributed by atoms with E-state index in [1.807, 2.05) is 0 Å². The van der Waals surface area contributed by atoms with Gasteiger partial charge in [-0.1, -0.05) is 0 Å². The van der Waals surface area contributed by atoms with Crippen molar-refractivity contribution in [3.05, 3.63) is 18.0 Å². The first-order chi connectivity index (χ1) is 4.86. The second-order valence-electron chi connectivity index (χ2n) is 1.96. The van der Waals surface area contributed by atoms with Gasteiger partial charge in [0, 0.05) is 12.7 Å². The molecule has 5 heteroatoms. The highest BCUT2D eigenvalue weighted by Gasteiger charge is 1.94. The lowest BCUT2D eigenvalue weighted by Crippen LogP contribution is -2.03. The maximum atomic E-state index is 11.7. The molecular formula is C6H11ClFN3. The molecule has 11 heavy (non-hydrogen) atoms. The molecule has 2 N–H and O–H groups in total. The molecule has 0 saturated heterocycles. The molecule has 0 unspecified atom stereocenters. The predicted molar refractivity (Wildman–Crippen MR) is 43.3 cm³/mol. The van der Waals surface area contributed by atoms with E-state index < -0.39 is 0 Å². The SMILES string of the molecule is Cl.NCc1ccn(CCF)n1.